The van der Waals surface area contributed by atoms with Crippen LogP contribution in [0.4, 0.5) is 20.3 Å². The summed E-state index contributed by atoms with van der Waals surface area (Å²) in [6.07, 6.45) is 0. The van der Waals surface area contributed by atoms with Crippen LogP contribution >= 0.6 is 0 Å². The highest BCUT2D eigenvalue weighted by atomic mass is 19.1. The molecule has 0 saturated carbocycles. The van der Waals surface area contributed by atoms with Gasteiger partial charge in [0.05, 0.1) is 11.4 Å². The number of nitrogens with two attached hydrogens (primary N) is 1. The second-order valence-electron chi connectivity index (χ2n) is 4.25. The molecule has 1 heterocycles. The molecule has 2 rings (SSSR count). The SMILES string of the molecule is CCn1nc(C)c(N)c1NCc1cc(F)ccc1F. The molecule has 1 aromatic carbocycles. The summed E-state index contributed by atoms with van der Waals surface area (Å²) in [5.41, 5.74) is 7.39. The largest absolute Gasteiger partial charge is 0.394 e. The standard InChI is InChI=1S/C13H16F2N4/c1-3-19-13(12(16)8(2)18-19)17-7-9-6-10(14)4-5-11(9)15/h4-6,17H,3,7,16H2,1-2H3. The van der Waals surface area contributed by atoms with Gasteiger partial charge in [-0.05, 0) is 32.0 Å². The Morgan fingerprint density at radius 2 is 2.11 bits per heavy atom. The minimum atomic E-state index is -0.466. The van der Waals surface area contributed by atoms with Crippen LogP contribution in [0.15, 0.2) is 18.2 Å². The molecule has 0 bridgehead atoms. The molecule has 0 unspecified atom stereocenters. The third-order valence-corrected chi connectivity index (χ3v) is 2.93. The van der Waals surface area contributed by atoms with Gasteiger partial charge in [-0.2, -0.15) is 5.10 Å². The summed E-state index contributed by atoms with van der Waals surface area (Å²) in [5.74, 6) is -0.290. The second kappa shape index (κ2) is 5.26. The molecule has 0 spiro atoms. The van der Waals surface area contributed by atoms with Gasteiger partial charge in [-0.25, -0.2) is 13.5 Å². The number of nitrogens with zero attached hydrogens (tertiary/aromatic N) is 2. The number of anilines is 2. The third kappa shape index (κ3) is 2.67. The molecule has 0 aliphatic heterocycles. The average Bonchev–Trinajstić information content (AvgIpc) is 2.66. The van der Waals surface area contributed by atoms with Gasteiger partial charge in [-0.3, -0.25) is 0 Å². The maximum absolute atomic E-state index is 13.5. The smallest absolute Gasteiger partial charge is 0.148 e. The fourth-order valence-corrected chi connectivity index (χ4v) is 1.87. The van der Waals surface area contributed by atoms with Gasteiger partial charge in [0.15, 0.2) is 0 Å². The van der Waals surface area contributed by atoms with E-state index in [1.807, 2.05) is 6.92 Å². The number of aryl methyl sites for hydroxylation is 2. The zero-order valence-electron chi connectivity index (χ0n) is 10.9. The molecule has 0 saturated heterocycles. The lowest BCUT2D eigenvalue weighted by Gasteiger charge is -2.10. The minimum absolute atomic E-state index is 0.152. The quantitative estimate of drug-likeness (QED) is 0.894. The summed E-state index contributed by atoms with van der Waals surface area (Å²) >= 11 is 0. The van der Waals surface area contributed by atoms with E-state index < -0.39 is 11.6 Å². The van der Waals surface area contributed by atoms with Crippen LogP contribution in [0.25, 0.3) is 0 Å². The van der Waals surface area contributed by atoms with E-state index in [4.69, 9.17) is 5.73 Å². The first-order valence-corrected chi connectivity index (χ1v) is 6.03. The number of hydrogen-bond acceptors (Lipinski definition) is 3. The van der Waals surface area contributed by atoms with Crippen LogP contribution in [-0.4, -0.2) is 9.78 Å². The third-order valence-electron chi connectivity index (χ3n) is 2.93. The van der Waals surface area contributed by atoms with Gasteiger partial charge >= 0.3 is 0 Å². The van der Waals surface area contributed by atoms with Gasteiger partial charge in [0.1, 0.15) is 17.5 Å². The highest BCUT2D eigenvalue weighted by Gasteiger charge is 2.12. The van der Waals surface area contributed by atoms with E-state index in [1.165, 1.54) is 0 Å². The van der Waals surface area contributed by atoms with Crippen molar-refractivity contribution < 1.29 is 8.78 Å². The van der Waals surface area contributed by atoms with Crippen LogP contribution in [0.5, 0.6) is 0 Å². The Kier molecular flexibility index (Phi) is 3.69. The number of rotatable bonds is 4. The van der Waals surface area contributed by atoms with Crippen molar-refractivity contribution in [3.8, 4) is 0 Å². The Morgan fingerprint density at radius 3 is 2.79 bits per heavy atom. The van der Waals surface area contributed by atoms with Gasteiger partial charge < -0.3 is 11.1 Å². The van der Waals surface area contributed by atoms with E-state index >= 15 is 0 Å². The Labute approximate surface area is 110 Å². The zero-order valence-corrected chi connectivity index (χ0v) is 10.9. The minimum Gasteiger partial charge on any atom is -0.394 e. The van der Waals surface area contributed by atoms with E-state index in [1.54, 1.807) is 11.6 Å². The lowest BCUT2D eigenvalue weighted by Crippen LogP contribution is -2.09. The highest BCUT2D eigenvalue weighted by molar-refractivity contribution is 5.64. The average molecular weight is 266 g/mol. The van der Waals surface area contributed by atoms with Crippen molar-refractivity contribution in [1.82, 2.24) is 9.78 Å². The zero-order chi connectivity index (χ0) is 14.0. The molecule has 102 valence electrons. The van der Waals surface area contributed by atoms with E-state index in [0.29, 0.717) is 23.7 Å². The molecule has 0 aliphatic rings. The maximum atomic E-state index is 13.5. The monoisotopic (exact) mass is 266 g/mol. The van der Waals surface area contributed by atoms with Crippen LogP contribution < -0.4 is 11.1 Å². The van der Waals surface area contributed by atoms with Crippen molar-refractivity contribution in [3.63, 3.8) is 0 Å². The fourth-order valence-electron chi connectivity index (χ4n) is 1.87. The summed E-state index contributed by atoms with van der Waals surface area (Å²) in [6, 6.07) is 3.36. The number of halogens is 2. The molecule has 1 aromatic heterocycles. The van der Waals surface area contributed by atoms with Crippen LogP contribution in [0.3, 0.4) is 0 Å². The predicted molar refractivity (Wildman–Crippen MR) is 70.7 cm³/mol. The summed E-state index contributed by atoms with van der Waals surface area (Å²) in [5, 5.41) is 7.25. The number of aromatic nitrogens is 2. The van der Waals surface area contributed by atoms with Crippen molar-refractivity contribution in [2.45, 2.75) is 26.9 Å². The molecule has 19 heavy (non-hydrogen) atoms. The van der Waals surface area contributed by atoms with Crippen LogP contribution in [0.2, 0.25) is 0 Å². The molecule has 0 radical (unpaired) electrons. The van der Waals surface area contributed by atoms with Crippen molar-refractivity contribution in [2.75, 3.05) is 11.1 Å². The lowest BCUT2D eigenvalue weighted by molar-refractivity contribution is 0.586. The normalized spacial score (nSPS) is 10.7. The summed E-state index contributed by atoms with van der Waals surface area (Å²) in [6.45, 7) is 4.53. The van der Waals surface area contributed by atoms with Crippen molar-refractivity contribution in [3.05, 3.63) is 41.1 Å². The van der Waals surface area contributed by atoms with Crippen molar-refractivity contribution in [2.24, 2.45) is 0 Å². The van der Waals surface area contributed by atoms with Gasteiger partial charge in [0.2, 0.25) is 0 Å². The molecule has 0 fully saturated rings. The molecule has 0 amide bonds. The van der Waals surface area contributed by atoms with Gasteiger partial charge in [-0.15, -0.1) is 0 Å². The van der Waals surface area contributed by atoms with Gasteiger partial charge in [0, 0.05) is 18.7 Å². The van der Waals surface area contributed by atoms with E-state index in [2.05, 4.69) is 10.4 Å². The summed E-state index contributed by atoms with van der Waals surface area (Å²) in [7, 11) is 0. The molecular weight excluding hydrogens is 250 g/mol. The van der Waals surface area contributed by atoms with E-state index in [0.717, 1.165) is 18.2 Å². The lowest BCUT2D eigenvalue weighted by atomic mass is 10.2. The number of nitrogen functional groups attached to an aromatic ring is 1. The molecular formula is C13H16F2N4. The first kappa shape index (κ1) is 13.3. The van der Waals surface area contributed by atoms with E-state index in [-0.39, 0.29) is 12.1 Å². The molecule has 2 aromatic rings. The Balaban J connectivity index is 2.21. The topological polar surface area (TPSA) is 55.9 Å². The summed E-state index contributed by atoms with van der Waals surface area (Å²) in [4.78, 5) is 0. The Morgan fingerprint density at radius 1 is 1.37 bits per heavy atom. The van der Waals surface area contributed by atoms with Crippen molar-refractivity contribution >= 4 is 11.5 Å². The first-order valence-electron chi connectivity index (χ1n) is 6.03. The van der Waals surface area contributed by atoms with Crippen molar-refractivity contribution in [1.29, 1.82) is 0 Å². The molecule has 0 atom stereocenters. The Bertz CT molecular complexity index is 593. The molecule has 0 aliphatic carbocycles. The Hall–Kier alpha value is -2.11. The van der Waals surface area contributed by atoms with Gasteiger partial charge in [-0.1, -0.05) is 0 Å². The van der Waals surface area contributed by atoms with Crippen LogP contribution in [0, 0.1) is 18.6 Å². The second-order valence-corrected chi connectivity index (χ2v) is 4.25. The number of hydrogen-bond donors (Lipinski definition) is 2. The molecule has 6 heteroatoms. The highest BCUT2D eigenvalue weighted by Crippen LogP contribution is 2.23. The maximum Gasteiger partial charge on any atom is 0.148 e. The van der Waals surface area contributed by atoms with Crippen LogP contribution in [-0.2, 0) is 13.1 Å². The molecule has 4 nitrogen and oxygen atoms in total. The van der Waals surface area contributed by atoms with E-state index in [9.17, 15) is 8.78 Å². The predicted octanol–water partition coefficient (Wildman–Crippen LogP) is 2.68. The first-order chi connectivity index (χ1) is 9.02. The van der Waals surface area contributed by atoms with Crippen LogP contribution in [0.1, 0.15) is 18.2 Å². The molecule has 3 N–H and O–H groups in total. The number of nitrogens with one attached hydrogen (secondary N) is 1. The number of benzene rings is 1. The fraction of sp³-hybridized carbons (Fsp3) is 0.308. The summed E-state index contributed by atoms with van der Waals surface area (Å²) < 4.78 is 28.3. The van der Waals surface area contributed by atoms with Gasteiger partial charge in [0.25, 0.3) is 0 Å².